The largest absolute Gasteiger partial charge is 0.324 e. The lowest BCUT2D eigenvalue weighted by molar-refractivity contribution is -0.116. The molecular formula is C13H13F2NO. The second-order valence-corrected chi connectivity index (χ2v) is 4.14. The van der Waals surface area contributed by atoms with Crippen LogP contribution in [0, 0.1) is 17.6 Å². The Kier molecular flexibility index (Phi) is 3.52. The van der Waals surface area contributed by atoms with Gasteiger partial charge in [0, 0.05) is 12.5 Å². The van der Waals surface area contributed by atoms with Gasteiger partial charge >= 0.3 is 0 Å². The fourth-order valence-corrected chi connectivity index (χ4v) is 1.90. The Morgan fingerprint density at radius 2 is 2.24 bits per heavy atom. The van der Waals surface area contributed by atoms with Gasteiger partial charge in [0.05, 0.1) is 5.69 Å². The van der Waals surface area contributed by atoms with E-state index in [-0.39, 0.29) is 17.5 Å². The van der Waals surface area contributed by atoms with Crippen LogP contribution < -0.4 is 5.32 Å². The van der Waals surface area contributed by atoms with E-state index in [9.17, 15) is 13.6 Å². The Labute approximate surface area is 98.3 Å². The molecule has 1 aliphatic carbocycles. The van der Waals surface area contributed by atoms with Crippen molar-refractivity contribution < 1.29 is 13.6 Å². The lowest BCUT2D eigenvalue weighted by Gasteiger charge is -2.09. The van der Waals surface area contributed by atoms with Gasteiger partial charge in [-0.2, -0.15) is 0 Å². The molecule has 0 heterocycles. The first-order valence-corrected chi connectivity index (χ1v) is 5.57. The zero-order valence-electron chi connectivity index (χ0n) is 9.25. The topological polar surface area (TPSA) is 29.1 Å². The van der Waals surface area contributed by atoms with Crippen molar-refractivity contribution in [2.75, 3.05) is 5.32 Å². The standard InChI is InChI=1S/C13H13F2NO/c14-10-5-6-12(11(15)8-10)16-13(17)7-9-3-1-2-4-9/h1,3,5-6,8-9H,2,4,7H2,(H,16,17). The number of hydrogen-bond acceptors (Lipinski definition) is 1. The van der Waals surface area contributed by atoms with E-state index in [1.807, 2.05) is 12.2 Å². The van der Waals surface area contributed by atoms with Gasteiger partial charge in [-0.15, -0.1) is 0 Å². The van der Waals surface area contributed by atoms with Crippen LogP contribution in [0.5, 0.6) is 0 Å². The molecule has 0 spiro atoms. The summed E-state index contributed by atoms with van der Waals surface area (Å²) in [5.41, 5.74) is 0.0263. The van der Waals surface area contributed by atoms with Crippen molar-refractivity contribution in [3.05, 3.63) is 42.0 Å². The number of carbonyl (C=O) groups excluding carboxylic acids is 1. The molecule has 1 N–H and O–H groups in total. The SMILES string of the molecule is O=C(CC1C=CCC1)Nc1ccc(F)cc1F. The van der Waals surface area contributed by atoms with Crippen molar-refractivity contribution in [2.45, 2.75) is 19.3 Å². The third kappa shape index (κ3) is 3.12. The van der Waals surface area contributed by atoms with E-state index in [0.29, 0.717) is 6.42 Å². The first-order valence-electron chi connectivity index (χ1n) is 5.57. The Morgan fingerprint density at radius 3 is 2.88 bits per heavy atom. The number of hydrogen-bond donors (Lipinski definition) is 1. The molecule has 1 aliphatic rings. The third-order valence-electron chi connectivity index (χ3n) is 2.77. The second-order valence-electron chi connectivity index (χ2n) is 4.14. The van der Waals surface area contributed by atoms with Crippen LogP contribution in [0.25, 0.3) is 0 Å². The molecule has 2 nitrogen and oxygen atoms in total. The highest BCUT2D eigenvalue weighted by atomic mass is 19.1. The van der Waals surface area contributed by atoms with Crippen LogP contribution in [-0.4, -0.2) is 5.91 Å². The Balaban J connectivity index is 1.95. The zero-order valence-corrected chi connectivity index (χ0v) is 9.25. The van der Waals surface area contributed by atoms with Crippen molar-refractivity contribution >= 4 is 11.6 Å². The molecule has 1 unspecified atom stereocenters. The highest BCUT2D eigenvalue weighted by molar-refractivity contribution is 5.91. The van der Waals surface area contributed by atoms with Crippen LogP contribution in [-0.2, 0) is 4.79 Å². The van der Waals surface area contributed by atoms with E-state index in [2.05, 4.69) is 5.32 Å². The molecule has 0 bridgehead atoms. The fraction of sp³-hybridized carbons (Fsp3) is 0.308. The number of anilines is 1. The molecule has 17 heavy (non-hydrogen) atoms. The van der Waals surface area contributed by atoms with Crippen LogP contribution in [0.2, 0.25) is 0 Å². The summed E-state index contributed by atoms with van der Waals surface area (Å²) in [4.78, 5) is 11.6. The van der Waals surface area contributed by atoms with Crippen LogP contribution in [0.4, 0.5) is 14.5 Å². The minimum Gasteiger partial charge on any atom is -0.324 e. The van der Waals surface area contributed by atoms with Crippen molar-refractivity contribution in [1.29, 1.82) is 0 Å². The first-order chi connectivity index (χ1) is 8.15. The van der Waals surface area contributed by atoms with Crippen molar-refractivity contribution in [3.8, 4) is 0 Å². The Bertz CT molecular complexity index is 457. The summed E-state index contributed by atoms with van der Waals surface area (Å²) in [6, 6.07) is 3.10. The number of allylic oxidation sites excluding steroid dienone is 2. The highest BCUT2D eigenvalue weighted by Gasteiger charge is 2.15. The van der Waals surface area contributed by atoms with E-state index in [0.717, 1.165) is 25.0 Å². The maximum absolute atomic E-state index is 13.3. The molecule has 4 heteroatoms. The molecule has 0 saturated heterocycles. The molecule has 0 aromatic heterocycles. The molecule has 1 amide bonds. The van der Waals surface area contributed by atoms with Crippen molar-refractivity contribution in [1.82, 2.24) is 0 Å². The fourth-order valence-electron chi connectivity index (χ4n) is 1.90. The number of amides is 1. The molecule has 2 rings (SSSR count). The number of halogens is 2. The first kappa shape index (κ1) is 11.8. The summed E-state index contributed by atoms with van der Waals surface area (Å²) in [7, 11) is 0. The summed E-state index contributed by atoms with van der Waals surface area (Å²) >= 11 is 0. The molecule has 0 aliphatic heterocycles. The second kappa shape index (κ2) is 5.08. The smallest absolute Gasteiger partial charge is 0.225 e. The molecule has 1 atom stereocenters. The third-order valence-corrected chi connectivity index (χ3v) is 2.77. The molecular weight excluding hydrogens is 224 g/mol. The normalized spacial score (nSPS) is 18.4. The van der Waals surface area contributed by atoms with Crippen LogP contribution in [0.15, 0.2) is 30.4 Å². The van der Waals surface area contributed by atoms with E-state index in [1.54, 1.807) is 0 Å². The van der Waals surface area contributed by atoms with Gasteiger partial charge < -0.3 is 5.32 Å². The molecule has 1 aromatic rings. The lowest BCUT2D eigenvalue weighted by atomic mass is 10.1. The number of rotatable bonds is 3. The molecule has 0 fully saturated rings. The van der Waals surface area contributed by atoms with Crippen LogP contribution in [0.3, 0.4) is 0 Å². The number of nitrogens with one attached hydrogen (secondary N) is 1. The van der Waals surface area contributed by atoms with E-state index < -0.39 is 11.6 Å². The summed E-state index contributed by atoms with van der Waals surface area (Å²) in [5, 5.41) is 2.45. The summed E-state index contributed by atoms with van der Waals surface area (Å²) < 4.78 is 25.9. The maximum atomic E-state index is 13.3. The summed E-state index contributed by atoms with van der Waals surface area (Å²) in [6.45, 7) is 0. The highest BCUT2D eigenvalue weighted by Crippen LogP contribution is 2.21. The van der Waals surface area contributed by atoms with Gasteiger partial charge in [0.15, 0.2) is 0 Å². The number of benzene rings is 1. The van der Waals surface area contributed by atoms with Gasteiger partial charge in [-0.1, -0.05) is 12.2 Å². The van der Waals surface area contributed by atoms with E-state index >= 15 is 0 Å². The predicted molar refractivity (Wildman–Crippen MR) is 61.5 cm³/mol. The van der Waals surface area contributed by atoms with Gasteiger partial charge in [0.25, 0.3) is 0 Å². The molecule has 0 radical (unpaired) electrons. The van der Waals surface area contributed by atoms with Crippen molar-refractivity contribution in [2.24, 2.45) is 5.92 Å². The number of carbonyl (C=O) groups is 1. The van der Waals surface area contributed by atoms with Gasteiger partial charge in [-0.05, 0) is 30.9 Å². The average molecular weight is 237 g/mol. The minimum absolute atomic E-state index is 0.0263. The molecule has 90 valence electrons. The van der Waals surface area contributed by atoms with Crippen LogP contribution in [0.1, 0.15) is 19.3 Å². The van der Waals surface area contributed by atoms with Crippen LogP contribution >= 0.6 is 0 Å². The maximum Gasteiger partial charge on any atom is 0.225 e. The van der Waals surface area contributed by atoms with Gasteiger partial charge in [0.1, 0.15) is 11.6 Å². The minimum atomic E-state index is -0.750. The molecule has 1 aromatic carbocycles. The lowest BCUT2D eigenvalue weighted by Crippen LogP contribution is -2.15. The van der Waals surface area contributed by atoms with Gasteiger partial charge in [-0.25, -0.2) is 8.78 Å². The average Bonchev–Trinajstić information content (AvgIpc) is 2.75. The molecule has 0 saturated carbocycles. The zero-order chi connectivity index (χ0) is 12.3. The Hall–Kier alpha value is -1.71. The Morgan fingerprint density at radius 1 is 1.41 bits per heavy atom. The summed E-state index contributed by atoms with van der Waals surface area (Å²) in [6.07, 6.45) is 6.33. The van der Waals surface area contributed by atoms with Crippen molar-refractivity contribution in [3.63, 3.8) is 0 Å². The monoisotopic (exact) mass is 237 g/mol. The van der Waals surface area contributed by atoms with Gasteiger partial charge in [-0.3, -0.25) is 4.79 Å². The van der Waals surface area contributed by atoms with Gasteiger partial charge in [0.2, 0.25) is 5.91 Å². The summed E-state index contributed by atoms with van der Waals surface area (Å²) in [5.74, 6) is -1.41. The predicted octanol–water partition coefficient (Wildman–Crippen LogP) is 3.26. The van der Waals surface area contributed by atoms with E-state index in [1.165, 1.54) is 6.07 Å². The quantitative estimate of drug-likeness (QED) is 0.803. The van der Waals surface area contributed by atoms with E-state index in [4.69, 9.17) is 0 Å².